The molecule has 1 fully saturated rings. The molecule has 3 aromatic carbocycles. The molecule has 0 bridgehead atoms. The topological polar surface area (TPSA) is 66.2 Å². The number of carbonyl (C=O) groups excluding carboxylic acids is 1. The summed E-state index contributed by atoms with van der Waals surface area (Å²) in [6.07, 6.45) is 5.48. The molecule has 4 aromatic rings. The lowest BCUT2D eigenvalue weighted by atomic mass is 9.98. The first kappa shape index (κ1) is 22.5. The van der Waals surface area contributed by atoms with Gasteiger partial charge in [-0.05, 0) is 49.3 Å². The van der Waals surface area contributed by atoms with Crippen molar-refractivity contribution in [3.63, 3.8) is 0 Å². The van der Waals surface area contributed by atoms with Gasteiger partial charge >= 0.3 is 5.97 Å². The summed E-state index contributed by atoms with van der Waals surface area (Å²) < 4.78 is 13.8. The summed E-state index contributed by atoms with van der Waals surface area (Å²) in [5.74, 6) is 1.47. The molecule has 1 saturated carbocycles. The summed E-state index contributed by atoms with van der Waals surface area (Å²) in [5.41, 5.74) is 0.923. The molecule has 0 spiro atoms. The number of ether oxygens (including phenoxy) is 2. The lowest BCUT2D eigenvalue weighted by Gasteiger charge is -2.21. The van der Waals surface area contributed by atoms with E-state index in [1.165, 1.54) is 18.2 Å². The van der Waals surface area contributed by atoms with Crippen LogP contribution in [0.3, 0.4) is 0 Å². The van der Waals surface area contributed by atoms with Crippen molar-refractivity contribution in [3.8, 4) is 11.4 Å². The van der Waals surface area contributed by atoms with E-state index in [0.717, 1.165) is 47.9 Å². The Bertz CT molecular complexity index is 1250. The average Bonchev–Trinajstić information content (AvgIpc) is 3.30. The lowest BCUT2D eigenvalue weighted by Crippen LogP contribution is -2.22. The van der Waals surface area contributed by atoms with Gasteiger partial charge in [0.05, 0.1) is 5.75 Å². The highest BCUT2D eigenvalue weighted by Crippen LogP contribution is 2.28. The number of nitrogens with zero attached hydrogens (tertiary/aromatic N) is 3. The second-order valence-electron chi connectivity index (χ2n) is 8.37. The van der Waals surface area contributed by atoms with Crippen LogP contribution in [0.5, 0.6) is 5.75 Å². The fourth-order valence-electron chi connectivity index (χ4n) is 4.31. The second-order valence-corrected chi connectivity index (χ2v) is 9.32. The van der Waals surface area contributed by atoms with Crippen molar-refractivity contribution in [2.45, 2.75) is 50.0 Å². The van der Waals surface area contributed by atoms with Crippen molar-refractivity contribution in [3.05, 3.63) is 78.6 Å². The fraction of sp³-hybridized carbons (Fsp3) is 0.296. The molecule has 0 atom stereocenters. The fourth-order valence-corrected chi connectivity index (χ4v) is 5.07. The quantitative estimate of drug-likeness (QED) is 0.232. The van der Waals surface area contributed by atoms with Crippen LogP contribution in [-0.2, 0) is 16.1 Å². The zero-order valence-corrected chi connectivity index (χ0v) is 19.7. The zero-order valence-electron chi connectivity index (χ0n) is 18.9. The van der Waals surface area contributed by atoms with Crippen LogP contribution in [0.25, 0.3) is 16.5 Å². The molecular weight excluding hydrogens is 446 g/mol. The van der Waals surface area contributed by atoms with E-state index < -0.39 is 0 Å². The minimum atomic E-state index is -0.201. The minimum absolute atomic E-state index is 0.0542. The number of hydrogen-bond donors (Lipinski definition) is 0. The van der Waals surface area contributed by atoms with E-state index in [9.17, 15) is 4.79 Å². The van der Waals surface area contributed by atoms with Crippen molar-refractivity contribution in [1.82, 2.24) is 14.8 Å². The number of para-hydroxylation sites is 1. The molecule has 174 valence electrons. The van der Waals surface area contributed by atoms with E-state index in [2.05, 4.69) is 22.3 Å². The molecule has 1 heterocycles. The Labute approximate surface area is 203 Å². The SMILES string of the molecule is O=C(CSc1nnc(COc2cccc3ccccc23)n1-c1ccccc1)OC1CCCCC1. The first-order valence-corrected chi connectivity index (χ1v) is 12.7. The van der Waals surface area contributed by atoms with Gasteiger partial charge in [0.1, 0.15) is 18.5 Å². The smallest absolute Gasteiger partial charge is 0.316 e. The Balaban J connectivity index is 1.33. The number of hydrogen-bond acceptors (Lipinski definition) is 6. The van der Waals surface area contributed by atoms with Crippen LogP contribution in [0, 0.1) is 0 Å². The van der Waals surface area contributed by atoms with E-state index in [1.807, 2.05) is 65.2 Å². The molecule has 7 heteroatoms. The highest BCUT2D eigenvalue weighted by atomic mass is 32.2. The number of benzene rings is 3. The van der Waals surface area contributed by atoms with Crippen LogP contribution < -0.4 is 4.74 Å². The van der Waals surface area contributed by atoms with Gasteiger partial charge in [-0.1, -0.05) is 72.8 Å². The van der Waals surface area contributed by atoms with E-state index >= 15 is 0 Å². The van der Waals surface area contributed by atoms with Crippen LogP contribution in [0.2, 0.25) is 0 Å². The molecular formula is C27H27N3O3S. The van der Waals surface area contributed by atoms with Gasteiger partial charge in [0.2, 0.25) is 0 Å². The predicted octanol–water partition coefficient (Wildman–Crippen LogP) is 5.97. The van der Waals surface area contributed by atoms with Gasteiger partial charge in [-0.3, -0.25) is 9.36 Å². The van der Waals surface area contributed by atoms with Crippen LogP contribution >= 0.6 is 11.8 Å². The third-order valence-electron chi connectivity index (χ3n) is 5.99. The van der Waals surface area contributed by atoms with Crippen LogP contribution in [0.4, 0.5) is 0 Å². The van der Waals surface area contributed by atoms with Crippen LogP contribution in [0.1, 0.15) is 37.9 Å². The lowest BCUT2D eigenvalue weighted by molar-refractivity contribution is -0.147. The summed E-state index contributed by atoms with van der Waals surface area (Å²) in [7, 11) is 0. The molecule has 0 saturated heterocycles. The minimum Gasteiger partial charge on any atom is -0.485 e. The first-order chi connectivity index (χ1) is 16.8. The van der Waals surface area contributed by atoms with E-state index in [-0.39, 0.29) is 24.4 Å². The maximum Gasteiger partial charge on any atom is 0.316 e. The normalized spacial score (nSPS) is 14.2. The molecule has 6 nitrogen and oxygen atoms in total. The Hall–Kier alpha value is -3.32. The summed E-state index contributed by atoms with van der Waals surface area (Å²) in [6, 6.07) is 24.0. The Morgan fingerprint density at radius 3 is 2.53 bits per heavy atom. The monoisotopic (exact) mass is 473 g/mol. The van der Waals surface area contributed by atoms with Crippen molar-refractivity contribution < 1.29 is 14.3 Å². The number of esters is 1. The first-order valence-electron chi connectivity index (χ1n) is 11.7. The van der Waals surface area contributed by atoms with Crippen molar-refractivity contribution >= 4 is 28.5 Å². The van der Waals surface area contributed by atoms with Gasteiger partial charge in [-0.25, -0.2) is 0 Å². The van der Waals surface area contributed by atoms with Crippen molar-refractivity contribution in [1.29, 1.82) is 0 Å². The molecule has 0 aliphatic heterocycles. The molecule has 0 radical (unpaired) electrons. The van der Waals surface area contributed by atoms with Crippen LogP contribution in [0.15, 0.2) is 78.0 Å². The van der Waals surface area contributed by atoms with Crippen LogP contribution in [-0.4, -0.2) is 32.6 Å². The van der Waals surface area contributed by atoms with E-state index in [4.69, 9.17) is 9.47 Å². The number of carbonyl (C=O) groups is 1. The van der Waals surface area contributed by atoms with Gasteiger partial charge in [-0.2, -0.15) is 0 Å². The standard InChI is InChI=1S/C27H27N3O3S/c31-26(33-22-14-5-2-6-15-22)19-34-27-29-28-25(30(27)21-12-3-1-4-13-21)18-32-24-17-9-11-20-10-7-8-16-23(20)24/h1,3-4,7-13,16-17,22H,2,5-6,14-15,18-19H2. The van der Waals surface area contributed by atoms with Gasteiger partial charge in [0.25, 0.3) is 0 Å². The largest absolute Gasteiger partial charge is 0.485 e. The summed E-state index contributed by atoms with van der Waals surface area (Å²) >= 11 is 1.34. The molecule has 0 amide bonds. The van der Waals surface area contributed by atoms with Crippen molar-refractivity contribution in [2.75, 3.05) is 5.75 Å². The predicted molar refractivity (Wildman–Crippen MR) is 133 cm³/mol. The maximum atomic E-state index is 12.4. The number of fused-ring (bicyclic) bond motifs is 1. The molecule has 1 aliphatic rings. The number of rotatable bonds is 8. The molecule has 1 aliphatic carbocycles. The maximum absolute atomic E-state index is 12.4. The third-order valence-corrected chi connectivity index (χ3v) is 6.89. The van der Waals surface area contributed by atoms with E-state index in [0.29, 0.717) is 11.0 Å². The van der Waals surface area contributed by atoms with Gasteiger partial charge in [0, 0.05) is 11.1 Å². The zero-order chi connectivity index (χ0) is 23.2. The van der Waals surface area contributed by atoms with Gasteiger partial charge in [0.15, 0.2) is 11.0 Å². The highest BCUT2D eigenvalue weighted by molar-refractivity contribution is 7.99. The Morgan fingerprint density at radius 1 is 0.912 bits per heavy atom. The highest BCUT2D eigenvalue weighted by Gasteiger charge is 2.20. The second kappa shape index (κ2) is 10.7. The Morgan fingerprint density at radius 2 is 1.68 bits per heavy atom. The van der Waals surface area contributed by atoms with Crippen molar-refractivity contribution in [2.24, 2.45) is 0 Å². The average molecular weight is 474 g/mol. The molecule has 1 aromatic heterocycles. The summed E-state index contributed by atoms with van der Waals surface area (Å²) in [5, 5.41) is 11.6. The van der Waals surface area contributed by atoms with Gasteiger partial charge < -0.3 is 9.47 Å². The molecule has 0 unspecified atom stereocenters. The van der Waals surface area contributed by atoms with Gasteiger partial charge in [-0.15, -0.1) is 10.2 Å². The summed E-state index contributed by atoms with van der Waals surface area (Å²) in [6.45, 7) is 0.253. The number of thioether (sulfide) groups is 1. The molecule has 5 rings (SSSR count). The third kappa shape index (κ3) is 5.25. The Kier molecular flexibility index (Phi) is 7.10. The number of aromatic nitrogens is 3. The molecule has 34 heavy (non-hydrogen) atoms. The summed E-state index contributed by atoms with van der Waals surface area (Å²) in [4.78, 5) is 12.4. The molecule has 0 N–H and O–H groups in total. The van der Waals surface area contributed by atoms with E-state index in [1.54, 1.807) is 0 Å².